The summed E-state index contributed by atoms with van der Waals surface area (Å²) < 4.78 is 5.30. The summed E-state index contributed by atoms with van der Waals surface area (Å²) in [6.07, 6.45) is -0.209. The average Bonchev–Trinajstić information content (AvgIpc) is 2.28. The second-order valence-corrected chi connectivity index (χ2v) is 3.89. The number of amides is 2. The Hall–Kier alpha value is -2.55. The van der Waals surface area contributed by atoms with E-state index >= 15 is 0 Å². The Bertz CT molecular complexity index is 560. The SMILES string of the molecule is Cc1cc(NC(=O)CC#N)cc2c1OCC(=O)N2. The quantitative estimate of drug-likeness (QED) is 0.818. The first-order valence-corrected chi connectivity index (χ1v) is 5.34. The second-order valence-electron chi connectivity index (χ2n) is 3.89. The first kappa shape index (κ1) is 11.9. The molecule has 2 amide bonds. The molecule has 0 fully saturated rings. The van der Waals surface area contributed by atoms with Gasteiger partial charge in [0.25, 0.3) is 5.91 Å². The molecule has 1 aliphatic rings. The van der Waals surface area contributed by atoms with Crippen molar-refractivity contribution in [2.24, 2.45) is 0 Å². The molecule has 1 heterocycles. The highest BCUT2D eigenvalue weighted by atomic mass is 16.5. The molecule has 6 nitrogen and oxygen atoms in total. The van der Waals surface area contributed by atoms with Gasteiger partial charge in [-0.05, 0) is 24.6 Å². The Morgan fingerprint density at radius 3 is 3.11 bits per heavy atom. The molecule has 0 unspecified atom stereocenters. The van der Waals surface area contributed by atoms with E-state index in [1.165, 1.54) is 0 Å². The minimum absolute atomic E-state index is 0.00597. The number of carbonyl (C=O) groups excluding carboxylic acids is 2. The molecule has 0 radical (unpaired) electrons. The van der Waals surface area contributed by atoms with Crippen molar-refractivity contribution in [2.45, 2.75) is 13.3 Å². The van der Waals surface area contributed by atoms with Crippen molar-refractivity contribution < 1.29 is 14.3 Å². The third kappa shape index (κ3) is 2.40. The summed E-state index contributed by atoms with van der Waals surface area (Å²) in [6, 6.07) is 5.10. The van der Waals surface area contributed by atoms with Crippen LogP contribution in [0, 0.1) is 18.3 Å². The summed E-state index contributed by atoms with van der Waals surface area (Å²) in [7, 11) is 0. The van der Waals surface area contributed by atoms with Gasteiger partial charge in [0, 0.05) is 5.69 Å². The molecular weight excluding hydrogens is 234 g/mol. The first-order chi connectivity index (χ1) is 8.60. The number of nitrogens with one attached hydrogen (secondary N) is 2. The van der Waals surface area contributed by atoms with Gasteiger partial charge in [0.05, 0.1) is 11.8 Å². The maximum Gasteiger partial charge on any atom is 0.262 e. The third-order valence-electron chi connectivity index (χ3n) is 2.42. The highest BCUT2D eigenvalue weighted by molar-refractivity contribution is 5.98. The van der Waals surface area contributed by atoms with E-state index in [-0.39, 0.29) is 24.8 Å². The average molecular weight is 245 g/mol. The van der Waals surface area contributed by atoms with Crippen LogP contribution in [0.1, 0.15) is 12.0 Å². The number of aryl methyl sites for hydroxylation is 1. The summed E-state index contributed by atoms with van der Waals surface area (Å²) >= 11 is 0. The van der Waals surface area contributed by atoms with Crippen molar-refractivity contribution in [3.8, 4) is 11.8 Å². The molecule has 0 aliphatic carbocycles. The minimum Gasteiger partial charge on any atom is -0.481 e. The first-order valence-electron chi connectivity index (χ1n) is 5.34. The summed E-state index contributed by atoms with van der Waals surface area (Å²) in [6.45, 7) is 1.81. The van der Waals surface area contributed by atoms with Gasteiger partial charge in [0.2, 0.25) is 5.91 Å². The summed E-state index contributed by atoms with van der Waals surface area (Å²) in [5.74, 6) is -0.0183. The molecule has 1 aromatic rings. The summed E-state index contributed by atoms with van der Waals surface area (Å²) in [5, 5.41) is 13.7. The number of hydrogen-bond acceptors (Lipinski definition) is 4. The van der Waals surface area contributed by atoms with Gasteiger partial charge in [-0.25, -0.2) is 0 Å². The van der Waals surface area contributed by atoms with E-state index in [0.29, 0.717) is 17.1 Å². The van der Waals surface area contributed by atoms with E-state index < -0.39 is 0 Å². The lowest BCUT2D eigenvalue weighted by atomic mass is 10.1. The van der Waals surface area contributed by atoms with Crippen LogP contribution in [0.25, 0.3) is 0 Å². The lowest BCUT2D eigenvalue weighted by Gasteiger charge is -2.20. The van der Waals surface area contributed by atoms with Crippen molar-refractivity contribution in [3.63, 3.8) is 0 Å². The Kier molecular flexibility index (Phi) is 3.15. The van der Waals surface area contributed by atoms with E-state index in [9.17, 15) is 9.59 Å². The third-order valence-corrected chi connectivity index (χ3v) is 2.42. The molecule has 2 rings (SSSR count). The number of nitrogens with zero attached hydrogens (tertiary/aromatic N) is 1. The maximum atomic E-state index is 11.3. The van der Waals surface area contributed by atoms with Gasteiger partial charge in [-0.2, -0.15) is 5.26 Å². The predicted molar refractivity (Wildman–Crippen MR) is 64.2 cm³/mol. The van der Waals surface area contributed by atoms with Crippen LogP contribution in [-0.2, 0) is 9.59 Å². The zero-order valence-electron chi connectivity index (χ0n) is 9.74. The van der Waals surface area contributed by atoms with Crippen LogP contribution in [-0.4, -0.2) is 18.4 Å². The largest absolute Gasteiger partial charge is 0.481 e. The number of fused-ring (bicyclic) bond motifs is 1. The summed E-state index contributed by atoms with van der Waals surface area (Å²) in [5.41, 5.74) is 1.86. The van der Waals surface area contributed by atoms with Gasteiger partial charge in [0.15, 0.2) is 6.61 Å². The van der Waals surface area contributed by atoms with Gasteiger partial charge in [-0.3, -0.25) is 9.59 Å². The van der Waals surface area contributed by atoms with Crippen LogP contribution >= 0.6 is 0 Å². The van der Waals surface area contributed by atoms with Crippen LogP contribution in [0.15, 0.2) is 12.1 Å². The number of carbonyl (C=O) groups is 2. The van der Waals surface area contributed by atoms with Gasteiger partial charge in [-0.15, -0.1) is 0 Å². The van der Waals surface area contributed by atoms with Crippen molar-refractivity contribution >= 4 is 23.2 Å². The smallest absolute Gasteiger partial charge is 0.262 e. The van der Waals surface area contributed by atoms with Crippen LogP contribution in [0.5, 0.6) is 5.75 Å². The molecule has 1 aliphatic heterocycles. The van der Waals surface area contributed by atoms with Crippen molar-refractivity contribution in [1.29, 1.82) is 5.26 Å². The lowest BCUT2D eigenvalue weighted by Crippen LogP contribution is -2.26. The molecule has 0 aromatic heterocycles. The van der Waals surface area contributed by atoms with E-state index in [2.05, 4.69) is 10.6 Å². The fraction of sp³-hybridized carbons (Fsp3) is 0.250. The van der Waals surface area contributed by atoms with Gasteiger partial charge < -0.3 is 15.4 Å². The lowest BCUT2D eigenvalue weighted by molar-refractivity contribution is -0.118. The molecule has 92 valence electrons. The van der Waals surface area contributed by atoms with Gasteiger partial charge >= 0.3 is 0 Å². The number of ether oxygens (including phenoxy) is 1. The number of benzene rings is 1. The zero-order chi connectivity index (χ0) is 13.1. The van der Waals surface area contributed by atoms with Crippen molar-refractivity contribution in [1.82, 2.24) is 0 Å². The fourth-order valence-corrected chi connectivity index (χ4v) is 1.73. The Morgan fingerprint density at radius 1 is 1.61 bits per heavy atom. The molecule has 0 atom stereocenters. The van der Waals surface area contributed by atoms with Crippen molar-refractivity contribution in [2.75, 3.05) is 17.2 Å². The standard InChI is InChI=1S/C12H11N3O3/c1-7-4-8(14-10(16)2-3-13)5-9-12(7)18-6-11(17)15-9/h4-5H,2,6H2,1H3,(H,14,16)(H,15,17). The van der Waals surface area contributed by atoms with Gasteiger partial charge in [-0.1, -0.05) is 0 Å². The minimum atomic E-state index is -0.389. The number of hydrogen-bond donors (Lipinski definition) is 2. The Morgan fingerprint density at radius 2 is 2.39 bits per heavy atom. The Balaban J connectivity index is 2.27. The van der Waals surface area contributed by atoms with E-state index in [4.69, 9.17) is 10.00 Å². The number of anilines is 2. The van der Waals surface area contributed by atoms with Crippen LogP contribution in [0.2, 0.25) is 0 Å². The van der Waals surface area contributed by atoms with Crippen molar-refractivity contribution in [3.05, 3.63) is 17.7 Å². The fourth-order valence-electron chi connectivity index (χ4n) is 1.73. The molecule has 0 bridgehead atoms. The molecule has 0 spiro atoms. The maximum absolute atomic E-state index is 11.3. The Labute approximate surface area is 104 Å². The molecule has 2 N–H and O–H groups in total. The molecule has 1 aromatic carbocycles. The van der Waals surface area contributed by atoms with E-state index in [1.807, 2.05) is 6.92 Å². The van der Waals surface area contributed by atoms with Crippen LogP contribution < -0.4 is 15.4 Å². The molecular formula is C12H11N3O3. The highest BCUT2D eigenvalue weighted by Crippen LogP contribution is 2.34. The van der Waals surface area contributed by atoms with Crippen LogP contribution in [0.4, 0.5) is 11.4 Å². The van der Waals surface area contributed by atoms with Crippen LogP contribution in [0.3, 0.4) is 0 Å². The molecule has 0 saturated carbocycles. The highest BCUT2D eigenvalue weighted by Gasteiger charge is 2.19. The van der Waals surface area contributed by atoms with Gasteiger partial charge in [0.1, 0.15) is 12.2 Å². The van der Waals surface area contributed by atoms with E-state index in [0.717, 1.165) is 5.56 Å². The van der Waals surface area contributed by atoms with E-state index in [1.54, 1.807) is 18.2 Å². The molecule has 6 heteroatoms. The summed E-state index contributed by atoms with van der Waals surface area (Å²) in [4.78, 5) is 22.5. The monoisotopic (exact) mass is 245 g/mol. The molecule has 18 heavy (non-hydrogen) atoms. The molecule has 0 saturated heterocycles. The number of rotatable bonds is 2. The normalized spacial score (nSPS) is 12.8. The predicted octanol–water partition coefficient (Wildman–Crippen LogP) is 1.18. The second kappa shape index (κ2) is 4.75. The number of nitriles is 1. The zero-order valence-corrected chi connectivity index (χ0v) is 9.74. The topological polar surface area (TPSA) is 91.2 Å².